The molecule has 1 saturated carbocycles. The van der Waals surface area contributed by atoms with Crippen molar-refractivity contribution in [2.24, 2.45) is 0 Å². The van der Waals surface area contributed by atoms with Crippen LogP contribution in [-0.2, 0) is 4.79 Å². The maximum Gasteiger partial charge on any atom is 0.240 e. The SMILES string of the molecule is O=C(N[C@@H](c1ccccc1)c1ccc(C2CC2)c(F)n1)[C@H]1NCC(F)C1O. The van der Waals surface area contributed by atoms with Gasteiger partial charge >= 0.3 is 0 Å². The molecule has 5 nitrogen and oxygen atoms in total. The number of hydrogen-bond donors (Lipinski definition) is 3. The molecule has 1 aliphatic carbocycles. The number of alkyl halides is 1. The fraction of sp³-hybridized carbons (Fsp3) is 0.400. The molecule has 27 heavy (non-hydrogen) atoms. The Labute approximate surface area is 155 Å². The van der Waals surface area contributed by atoms with Gasteiger partial charge in [0.15, 0.2) is 0 Å². The number of amides is 1. The van der Waals surface area contributed by atoms with Crippen molar-refractivity contribution in [3.63, 3.8) is 0 Å². The van der Waals surface area contributed by atoms with Crippen molar-refractivity contribution in [1.29, 1.82) is 0 Å². The van der Waals surface area contributed by atoms with E-state index in [-0.39, 0.29) is 12.5 Å². The average molecular weight is 373 g/mol. The van der Waals surface area contributed by atoms with Crippen molar-refractivity contribution < 1.29 is 18.7 Å². The van der Waals surface area contributed by atoms with Crippen molar-refractivity contribution in [2.75, 3.05) is 6.54 Å². The van der Waals surface area contributed by atoms with Crippen LogP contribution >= 0.6 is 0 Å². The predicted molar refractivity (Wildman–Crippen MR) is 95.3 cm³/mol. The lowest BCUT2D eigenvalue weighted by Gasteiger charge is -2.23. The van der Waals surface area contributed by atoms with Crippen LogP contribution in [0.15, 0.2) is 42.5 Å². The summed E-state index contributed by atoms with van der Waals surface area (Å²) in [5.41, 5.74) is 1.69. The highest BCUT2D eigenvalue weighted by molar-refractivity contribution is 5.83. The number of nitrogens with zero attached hydrogens (tertiary/aromatic N) is 1. The van der Waals surface area contributed by atoms with Gasteiger partial charge in [0.1, 0.15) is 18.3 Å². The number of hydrogen-bond acceptors (Lipinski definition) is 4. The van der Waals surface area contributed by atoms with E-state index in [0.717, 1.165) is 18.4 Å². The zero-order chi connectivity index (χ0) is 19.0. The van der Waals surface area contributed by atoms with E-state index in [2.05, 4.69) is 15.6 Å². The van der Waals surface area contributed by atoms with Crippen LogP contribution in [0.4, 0.5) is 8.78 Å². The predicted octanol–water partition coefficient (Wildman–Crippen LogP) is 1.97. The molecule has 142 valence electrons. The van der Waals surface area contributed by atoms with Crippen LogP contribution in [0.25, 0.3) is 0 Å². The van der Waals surface area contributed by atoms with Gasteiger partial charge in [-0.2, -0.15) is 4.39 Å². The van der Waals surface area contributed by atoms with Gasteiger partial charge in [-0.1, -0.05) is 36.4 Å². The molecule has 4 atom stereocenters. The summed E-state index contributed by atoms with van der Waals surface area (Å²) in [6.07, 6.45) is -0.980. The molecule has 1 aromatic carbocycles. The molecule has 0 spiro atoms. The molecule has 3 N–H and O–H groups in total. The highest BCUT2D eigenvalue weighted by Gasteiger charge is 2.40. The number of nitrogens with one attached hydrogen (secondary N) is 2. The molecule has 1 saturated heterocycles. The van der Waals surface area contributed by atoms with Gasteiger partial charge in [-0.05, 0) is 30.4 Å². The maximum absolute atomic E-state index is 14.4. The summed E-state index contributed by atoms with van der Waals surface area (Å²) < 4.78 is 28.0. The third kappa shape index (κ3) is 3.70. The van der Waals surface area contributed by atoms with E-state index in [0.29, 0.717) is 11.3 Å². The first-order valence-electron chi connectivity index (χ1n) is 9.12. The number of halogens is 2. The maximum atomic E-state index is 14.4. The molecule has 2 aliphatic rings. The molecule has 0 radical (unpaired) electrons. The minimum Gasteiger partial charge on any atom is -0.388 e. The van der Waals surface area contributed by atoms with Crippen LogP contribution in [0.5, 0.6) is 0 Å². The molecule has 4 rings (SSSR count). The second-order valence-electron chi connectivity index (χ2n) is 7.14. The highest BCUT2D eigenvalue weighted by atomic mass is 19.1. The molecule has 2 heterocycles. The fourth-order valence-corrected chi connectivity index (χ4v) is 3.46. The van der Waals surface area contributed by atoms with Crippen molar-refractivity contribution in [2.45, 2.75) is 43.1 Å². The third-order valence-electron chi connectivity index (χ3n) is 5.16. The Morgan fingerprint density at radius 2 is 1.96 bits per heavy atom. The quantitative estimate of drug-likeness (QED) is 0.701. The van der Waals surface area contributed by atoms with Crippen LogP contribution in [0.1, 0.15) is 41.6 Å². The minimum absolute atomic E-state index is 0.0851. The normalized spacial score (nSPS) is 26.0. The van der Waals surface area contributed by atoms with Gasteiger partial charge in [-0.3, -0.25) is 4.79 Å². The van der Waals surface area contributed by atoms with Crippen molar-refractivity contribution in [1.82, 2.24) is 15.6 Å². The Hall–Kier alpha value is -2.38. The number of carbonyl (C=O) groups is 1. The second-order valence-corrected chi connectivity index (χ2v) is 7.14. The molecular weight excluding hydrogens is 352 g/mol. The summed E-state index contributed by atoms with van der Waals surface area (Å²) in [4.78, 5) is 16.7. The smallest absolute Gasteiger partial charge is 0.240 e. The van der Waals surface area contributed by atoms with Crippen molar-refractivity contribution in [3.8, 4) is 0 Å². The lowest BCUT2D eigenvalue weighted by atomic mass is 10.0. The molecule has 2 aromatic rings. The Morgan fingerprint density at radius 3 is 2.56 bits per heavy atom. The molecule has 2 unspecified atom stereocenters. The van der Waals surface area contributed by atoms with E-state index in [1.165, 1.54) is 0 Å². The summed E-state index contributed by atoms with van der Waals surface area (Å²) >= 11 is 0. The number of aliphatic hydroxyl groups excluding tert-OH is 1. The summed E-state index contributed by atoms with van der Waals surface area (Å²) in [7, 11) is 0. The molecule has 1 amide bonds. The molecular formula is C20H21F2N3O2. The first-order valence-corrected chi connectivity index (χ1v) is 9.12. The highest BCUT2D eigenvalue weighted by Crippen LogP contribution is 2.41. The number of carbonyl (C=O) groups excluding carboxylic acids is 1. The van der Waals surface area contributed by atoms with Crippen LogP contribution in [-0.4, -0.2) is 40.9 Å². The Morgan fingerprint density at radius 1 is 1.22 bits per heavy atom. The Bertz CT molecular complexity index is 829. The molecule has 1 aliphatic heterocycles. The van der Waals surface area contributed by atoms with E-state index in [4.69, 9.17) is 0 Å². The summed E-state index contributed by atoms with van der Waals surface area (Å²) in [5, 5.41) is 15.3. The number of rotatable bonds is 5. The minimum atomic E-state index is -1.50. The van der Waals surface area contributed by atoms with Gasteiger partial charge in [0.25, 0.3) is 0 Å². The summed E-state index contributed by atoms with van der Waals surface area (Å²) in [6.45, 7) is -0.0851. The Kier molecular flexibility index (Phi) is 4.88. The van der Waals surface area contributed by atoms with Crippen molar-refractivity contribution >= 4 is 5.91 Å². The largest absolute Gasteiger partial charge is 0.388 e. The zero-order valence-corrected chi connectivity index (χ0v) is 14.6. The van der Waals surface area contributed by atoms with Crippen LogP contribution < -0.4 is 10.6 Å². The van der Waals surface area contributed by atoms with Gasteiger partial charge < -0.3 is 15.7 Å². The standard InChI is InChI=1S/C20H21F2N3O2/c21-14-10-23-17(18(14)26)20(27)25-16(12-4-2-1-3-5-12)15-9-8-13(11-6-7-11)19(22)24-15/h1-5,8-9,11,14,16-18,23,26H,6-7,10H2,(H,25,27)/t14?,16-,17-,18?/m0/s1. The lowest BCUT2D eigenvalue weighted by Crippen LogP contribution is -2.48. The van der Waals surface area contributed by atoms with E-state index in [1.807, 2.05) is 18.2 Å². The number of benzene rings is 1. The van der Waals surface area contributed by atoms with Gasteiger partial charge in [-0.15, -0.1) is 0 Å². The van der Waals surface area contributed by atoms with Crippen molar-refractivity contribution in [3.05, 3.63) is 65.2 Å². The van der Waals surface area contributed by atoms with Gasteiger partial charge in [0.05, 0.1) is 11.7 Å². The van der Waals surface area contributed by atoms with Gasteiger partial charge in [-0.25, -0.2) is 9.37 Å². The average Bonchev–Trinajstić information content (AvgIpc) is 3.46. The van der Waals surface area contributed by atoms with E-state index in [1.54, 1.807) is 24.3 Å². The first-order chi connectivity index (χ1) is 13.0. The van der Waals surface area contributed by atoms with Crippen LogP contribution in [0, 0.1) is 5.95 Å². The molecule has 7 heteroatoms. The number of aromatic nitrogens is 1. The lowest BCUT2D eigenvalue weighted by molar-refractivity contribution is -0.125. The van der Waals surface area contributed by atoms with E-state index < -0.39 is 36.2 Å². The topological polar surface area (TPSA) is 74.2 Å². The molecule has 1 aromatic heterocycles. The second kappa shape index (κ2) is 7.32. The van der Waals surface area contributed by atoms with E-state index in [9.17, 15) is 18.7 Å². The Balaban J connectivity index is 1.62. The molecule has 2 fully saturated rings. The van der Waals surface area contributed by atoms with Gasteiger partial charge in [0, 0.05) is 12.1 Å². The summed E-state index contributed by atoms with van der Waals surface area (Å²) in [6, 6.07) is 10.7. The zero-order valence-electron chi connectivity index (χ0n) is 14.6. The van der Waals surface area contributed by atoms with E-state index >= 15 is 0 Å². The summed E-state index contributed by atoms with van der Waals surface area (Å²) in [5.74, 6) is -0.839. The number of pyridine rings is 1. The first kappa shape index (κ1) is 18.0. The van der Waals surface area contributed by atoms with Crippen LogP contribution in [0.3, 0.4) is 0 Å². The number of aliphatic hydroxyl groups is 1. The van der Waals surface area contributed by atoms with Crippen LogP contribution in [0.2, 0.25) is 0 Å². The monoisotopic (exact) mass is 373 g/mol. The third-order valence-corrected chi connectivity index (χ3v) is 5.16. The van der Waals surface area contributed by atoms with Gasteiger partial charge in [0.2, 0.25) is 11.9 Å². The molecule has 0 bridgehead atoms. The fourth-order valence-electron chi connectivity index (χ4n) is 3.46.